The van der Waals surface area contributed by atoms with Crippen LogP contribution in [-0.4, -0.2) is 16.8 Å². The number of nitrogens with one attached hydrogen (secondary N) is 2. The summed E-state index contributed by atoms with van der Waals surface area (Å²) in [6.45, 7) is 0. The van der Waals surface area contributed by atoms with E-state index in [2.05, 4.69) is 27.5 Å². The summed E-state index contributed by atoms with van der Waals surface area (Å²) in [4.78, 5) is 28.7. The van der Waals surface area contributed by atoms with Gasteiger partial charge in [0.05, 0.1) is 6.26 Å². The van der Waals surface area contributed by atoms with E-state index in [0.29, 0.717) is 22.6 Å². The van der Waals surface area contributed by atoms with E-state index < -0.39 is 0 Å². The Morgan fingerprint density at radius 3 is 2.35 bits per heavy atom. The molecule has 31 heavy (non-hydrogen) atoms. The summed E-state index contributed by atoms with van der Waals surface area (Å²) >= 11 is 0. The lowest BCUT2D eigenvalue weighted by Gasteiger charge is -2.07. The predicted molar refractivity (Wildman–Crippen MR) is 118 cm³/mol. The van der Waals surface area contributed by atoms with Crippen LogP contribution in [0.15, 0.2) is 95.7 Å². The molecule has 2 heterocycles. The quantitative estimate of drug-likeness (QED) is 0.485. The second-order valence-electron chi connectivity index (χ2n) is 6.51. The maximum Gasteiger partial charge on any atom is 0.291 e. The van der Waals surface area contributed by atoms with Crippen molar-refractivity contribution in [2.45, 2.75) is 0 Å². The van der Waals surface area contributed by atoms with E-state index in [1.807, 2.05) is 30.3 Å². The molecule has 0 saturated carbocycles. The maximum atomic E-state index is 12.6. The van der Waals surface area contributed by atoms with Crippen molar-refractivity contribution in [2.24, 2.45) is 0 Å². The summed E-state index contributed by atoms with van der Waals surface area (Å²) in [6.07, 6.45) is 3.12. The number of aromatic nitrogens is 1. The van der Waals surface area contributed by atoms with Gasteiger partial charge in [0.15, 0.2) is 5.76 Å². The summed E-state index contributed by atoms with van der Waals surface area (Å²) in [5, 5.41) is 5.57. The average Bonchev–Trinajstić information content (AvgIpc) is 3.34. The SMILES string of the molecule is O=C(Nc1cccc(C#Cc2ccccn2)c1)c1ccc(NC(=O)c2ccco2)cc1. The minimum absolute atomic E-state index is 0.216. The molecule has 6 nitrogen and oxygen atoms in total. The van der Waals surface area contributed by atoms with Gasteiger partial charge >= 0.3 is 0 Å². The molecule has 4 aromatic rings. The molecule has 2 aromatic carbocycles. The van der Waals surface area contributed by atoms with Gasteiger partial charge in [-0.25, -0.2) is 4.98 Å². The van der Waals surface area contributed by atoms with Crippen molar-refractivity contribution in [2.75, 3.05) is 10.6 Å². The molecule has 6 heteroatoms. The molecular formula is C25H17N3O3. The first-order valence-electron chi connectivity index (χ1n) is 9.47. The fourth-order valence-electron chi connectivity index (χ4n) is 2.76. The zero-order valence-electron chi connectivity index (χ0n) is 16.3. The van der Waals surface area contributed by atoms with E-state index in [9.17, 15) is 9.59 Å². The monoisotopic (exact) mass is 407 g/mol. The van der Waals surface area contributed by atoms with Crippen molar-refractivity contribution in [3.05, 3.63) is 114 Å². The van der Waals surface area contributed by atoms with E-state index in [1.165, 1.54) is 6.26 Å². The predicted octanol–water partition coefficient (Wildman–Crippen LogP) is 4.58. The molecule has 0 aliphatic rings. The van der Waals surface area contributed by atoms with E-state index in [1.54, 1.807) is 54.7 Å². The fourth-order valence-corrected chi connectivity index (χ4v) is 2.76. The number of carbonyl (C=O) groups is 2. The van der Waals surface area contributed by atoms with Crippen LogP contribution in [0.2, 0.25) is 0 Å². The van der Waals surface area contributed by atoms with Crippen molar-refractivity contribution in [1.29, 1.82) is 0 Å². The minimum atomic E-state index is -0.356. The highest BCUT2D eigenvalue weighted by atomic mass is 16.3. The molecule has 0 bridgehead atoms. The Kier molecular flexibility index (Phi) is 5.87. The van der Waals surface area contributed by atoms with Crippen LogP contribution in [0.3, 0.4) is 0 Å². The molecule has 0 atom stereocenters. The summed E-state index contributed by atoms with van der Waals surface area (Å²) in [7, 11) is 0. The normalized spacial score (nSPS) is 9.94. The van der Waals surface area contributed by atoms with Crippen LogP contribution in [-0.2, 0) is 0 Å². The van der Waals surface area contributed by atoms with Crippen LogP contribution in [0, 0.1) is 11.8 Å². The van der Waals surface area contributed by atoms with E-state index in [-0.39, 0.29) is 17.6 Å². The van der Waals surface area contributed by atoms with Gasteiger partial charge in [-0.2, -0.15) is 0 Å². The Morgan fingerprint density at radius 2 is 1.61 bits per heavy atom. The number of furan rings is 1. The maximum absolute atomic E-state index is 12.6. The standard InChI is InChI=1S/C25H17N3O3/c29-24(19-10-13-21(14-11-19)27-25(30)23-8-4-16-31-23)28-22-7-3-5-18(17-22)9-12-20-6-1-2-15-26-20/h1-8,10-11,13-17H,(H,27,30)(H,28,29). The molecule has 150 valence electrons. The van der Waals surface area contributed by atoms with Crippen LogP contribution >= 0.6 is 0 Å². The lowest BCUT2D eigenvalue weighted by molar-refractivity contribution is 0.0995. The van der Waals surface area contributed by atoms with Crippen LogP contribution < -0.4 is 10.6 Å². The third-order valence-corrected chi connectivity index (χ3v) is 4.27. The van der Waals surface area contributed by atoms with Gasteiger partial charge in [0.1, 0.15) is 5.69 Å². The van der Waals surface area contributed by atoms with Gasteiger partial charge in [-0.05, 0) is 72.7 Å². The average molecular weight is 407 g/mol. The van der Waals surface area contributed by atoms with Gasteiger partial charge in [-0.15, -0.1) is 0 Å². The molecule has 2 aromatic heterocycles. The minimum Gasteiger partial charge on any atom is -0.459 e. The first kappa shape index (κ1) is 19.7. The van der Waals surface area contributed by atoms with Crippen molar-refractivity contribution in [1.82, 2.24) is 4.98 Å². The summed E-state index contributed by atoms with van der Waals surface area (Å²) in [5.74, 6) is 5.62. The molecule has 0 spiro atoms. The van der Waals surface area contributed by atoms with Gasteiger partial charge in [-0.1, -0.05) is 18.1 Å². The summed E-state index contributed by atoms with van der Waals surface area (Å²) in [5.41, 5.74) is 3.09. The number of nitrogens with zero attached hydrogens (tertiary/aromatic N) is 1. The number of hydrogen-bond donors (Lipinski definition) is 2. The Hall–Kier alpha value is -4.63. The molecule has 2 amide bonds. The van der Waals surface area contributed by atoms with Crippen LogP contribution in [0.25, 0.3) is 0 Å². The lowest BCUT2D eigenvalue weighted by atomic mass is 10.1. The van der Waals surface area contributed by atoms with Gasteiger partial charge in [0.2, 0.25) is 0 Å². The number of amides is 2. The molecule has 2 N–H and O–H groups in total. The van der Waals surface area contributed by atoms with Crippen molar-refractivity contribution in [3.63, 3.8) is 0 Å². The smallest absolute Gasteiger partial charge is 0.291 e. The second kappa shape index (κ2) is 9.25. The number of hydrogen-bond acceptors (Lipinski definition) is 4. The lowest BCUT2D eigenvalue weighted by Crippen LogP contribution is -2.13. The second-order valence-corrected chi connectivity index (χ2v) is 6.51. The Balaban J connectivity index is 1.40. The molecular weight excluding hydrogens is 390 g/mol. The summed E-state index contributed by atoms with van der Waals surface area (Å²) in [6, 6.07) is 22.6. The molecule has 0 saturated heterocycles. The fraction of sp³-hybridized carbons (Fsp3) is 0. The largest absolute Gasteiger partial charge is 0.459 e. The zero-order chi connectivity index (χ0) is 21.5. The Labute approximate surface area is 178 Å². The molecule has 0 aliphatic heterocycles. The third kappa shape index (κ3) is 5.25. The third-order valence-electron chi connectivity index (χ3n) is 4.27. The van der Waals surface area contributed by atoms with E-state index >= 15 is 0 Å². The first-order valence-corrected chi connectivity index (χ1v) is 9.47. The Bertz CT molecular complexity index is 1250. The van der Waals surface area contributed by atoms with Gasteiger partial charge < -0.3 is 15.1 Å². The summed E-state index contributed by atoms with van der Waals surface area (Å²) < 4.78 is 5.06. The van der Waals surface area contributed by atoms with Gasteiger partial charge in [-0.3, -0.25) is 9.59 Å². The van der Waals surface area contributed by atoms with Crippen LogP contribution in [0.4, 0.5) is 11.4 Å². The van der Waals surface area contributed by atoms with Gasteiger partial charge in [0, 0.05) is 28.7 Å². The van der Waals surface area contributed by atoms with E-state index in [4.69, 9.17) is 4.42 Å². The number of rotatable bonds is 4. The highest BCUT2D eigenvalue weighted by molar-refractivity contribution is 6.05. The van der Waals surface area contributed by atoms with E-state index in [0.717, 1.165) is 5.56 Å². The number of benzene rings is 2. The van der Waals surface area contributed by atoms with Crippen molar-refractivity contribution in [3.8, 4) is 11.8 Å². The highest BCUT2D eigenvalue weighted by Crippen LogP contribution is 2.15. The number of carbonyl (C=O) groups excluding carboxylic acids is 2. The highest BCUT2D eigenvalue weighted by Gasteiger charge is 2.10. The number of anilines is 2. The van der Waals surface area contributed by atoms with Crippen LogP contribution in [0.1, 0.15) is 32.2 Å². The number of pyridine rings is 1. The Morgan fingerprint density at radius 1 is 0.774 bits per heavy atom. The zero-order valence-corrected chi connectivity index (χ0v) is 16.3. The van der Waals surface area contributed by atoms with Crippen molar-refractivity contribution >= 4 is 23.2 Å². The molecule has 0 fully saturated rings. The molecule has 0 unspecified atom stereocenters. The van der Waals surface area contributed by atoms with Crippen molar-refractivity contribution < 1.29 is 14.0 Å². The molecule has 0 aliphatic carbocycles. The first-order chi connectivity index (χ1) is 15.2. The topological polar surface area (TPSA) is 84.2 Å². The molecule has 0 radical (unpaired) electrons. The molecule has 4 rings (SSSR count). The van der Waals surface area contributed by atoms with Crippen LogP contribution in [0.5, 0.6) is 0 Å². The van der Waals surface area contributed by atoms with Gasteiger partial charge in [0.25, 0.3) is 11.8 Å².